The maximum absolute atomic E-state index is 8.83. The molecular weight excluding hydrogens is 183 g/mol. The van der Waals surface area contributed by atoms with Crippen LogP contribution in [0.5, 0.6) is 0 Å². The third-order valence-corrected chi connectivity index (χ3v) is 2.81. The fraction of sp³-hybridized carbons (Fsp3) is 0.231. The summed E-state index contributed by atoms with van der Waals surface area (Å²) in [4.78, 5) is 0. The predicted octanol–water partition coefficient (Wildman–Crippen LogP) is 1.02. The SMILES string of the molecule is Bc1cc2ccccc2cc1CCCO. The van der Waals surface area contributed by atoms with Gasteiger partial charge in [0.1, 0.15) is 7.85 Å². The predicted molar refractivity (Wildman–Crippen MR) is 67.5 cm³/mol. The second kappa shape index (κ2) is 4.50. The maximum atomic E-state index is 8.83. The van der Waals surface area contributed by atoms with Crippen molar-refractivity contribution < 1.29 is 5.11 Å². The van der Waals surface area contributed by atoms with Crippen molar-refractivity contribution in [1.29, 1.82) is 0 Å². The summed E-state index contributed by atoms with van der Waals surface area (Å²) in [5.74, 6) is 0. The van der Waals surface area contributed by atoms with Crippen molar-refractivity contribution in [3.8, 4) is 0 Å². The van der Waals surface area contributed by atoms with Gasteiger partial charge in [-0.1, -0.05) is 47.4 Å². The molecule has 1 nitrogen and oxygen atoms in total. The molecule has 0 radical (unpaired) electrons. The Morgan fingerprint density at radius 2 is 1.73 bits per heavy atom. The summed E-state index contributed by atoms with van der Waals surface area (Å²) in [7, 11) is 2.14. The Morgan fingerprint density at radius 3 is 2.40 bits per heavy atom. The van der Waals surface area contributed by atoms with Gasteiger partial charge in [-0.25, -0.2) is 0 Å². The fourth-order valence-corrected chi connectivity index (χ4v) is 1.94. The van der Waals surface area contributed by atoms with Crippen LogP contribution >= 0.6 is 0 Å². The molecule has 2 rings (SSSR count). The van der Waals surface area contributed by atoms with Crippen LogP contribution in [0.15, 0.2) is 36.4 Å². The fourth-order valence-electron chi connectivity index (χ4n) is 1.94. The van der Waals surface area contributed by atoms with Gasteiger partial charge in [-0.15, -0.1) is 0 Å². The van der Waals surface area contributed by atoms with Crippen LogP contribution in [-0.4, -0.2) is 19.6 Å². The minimum atomic E-state index is 0.270. The second-order valence-electron chi connectivity index (χ2n) is 3.95. The van der Waals surface area contributed by atoms with Crippen LogP contribution in [0.3, 0.4) is 0 Å². The van der Waals surface area contributed by atoms with Crippen molar-refractivity contribution in [3.63, 3.8) is 0 Å². The molecule has 0 bridgehead atoms. The molecule has 0 unspecified atom stereocenters. The monoisotopic (exact) mass is 198 g/mol. The molecule has 2 heteroatoms. The standard InChI is InChI=1S/C13H15BO/c14-13-9-11-5-2-1-4-10(11)8-12(13)6-3-7-15/h1-2,4-5,8-9,15H,3,6-7,14H2. The number of rotatable bonds is 3. The topological polar surface area (TPSA) is 20.2 Å². The number of aryl methyl sites for hydroxylation is 1. The Bertz CT molecular complexity index is 465. The van der Waals surface area contributed by atoms with Gasteiger partial charge in [-0.3, -0.25) is 0 Å². The van der Waals surface area contributed by atoms with Crippen LogP contribution in [0, 0.1) is 0 Å². The van der Waals surface area contributed by atoms with E-state index in [0.717, 1.165) is 12.8 Å². The molecule has 0 aliphatic heterocycles. The van der Waals surface area contributed by atoms with Gasteiger partial charge >= 0.3 is 0 Å². The average molecular weight is 198 g/mol. The molecule has 0 spiro atoms. The van der Waals surface area contributed by atoms with Gasteiger partial charge < -0.3 is 5.11 Å². The molecule has 1 N–H and O–H groups in total. The van der Waals surface area contributed by atoms with Gasteiger partial charge in [-0.2, -0.15) is 0 Å². The zero-order valence-corrected chi connectivity index (χ0v) is 9.03. The van der Waals surface area contributed by atoms with Crippen LogP contribution < -0.4 is 5.46 Å². The number of aliphatic hydroxyl groups excluding tert-OH is 1. The van der Waals surface area contributed by atoms with Crippen molar-refractivity contribution in [2.45, 2.75) is 12.8 Å². The lowest BCUT2D eigenvalue weighted by Crippen LogP contribution is -2.10. The molecule has 0 saturated carbocycles. The van der Waals surface area contributed by atoms with Crippen molar-refractivity contribution >= 4 is 24.1 Å². The van der Waals surface area contributed by atoms with Gasteiger partial charge in [0.15, 0.2) is 0 Å². The normalized spacial score (nSPS) is 10.7. The largest absolute Gasteiger partial charge is 0.396 e. The van der Waals surface area contributed by atoms with Gasteiger partial charge in [-0.05, 0) is 23.6 Å². The molecule has 0 amide bonds. The van der Waals surface area contributed by atoms with Crippen molar-refractivity contribution in [1.82, 2.24) is 0 Å². The third kappa shape index (κ3) is 2.21. The molecule has 0 aromatic heterocycles. The van der Waals surface area contributed by atoms with Crippen molar-refractivity contribution in [2.75, 3.05) is 6.61 Å². The maximum Gasteiger partial charge on any atom is 0.139 e. The Hall–Kier alpha value is -1.28. The van der Waals surface area contributed by atoms with Gasteiger partial charge in [0, 0.05) is 6.61 Å². The minimum absolute atomic E-state index is 0.270. The van der Waals surface area contributed by atoms with E-state index in [0.29, 0.717) is 0 Å². The van der Waals surface area contributed by atoms with Crippen LogP contribution in [0.25, 0.3) is 10.8 Å². The average Bonchev–Trinajstić information content (AvgIpc) is 2.26. The lowest BCUT2D eigenvalue weighted by molar-refractivity contribution is 0.288. The summed E-state index contributed by atoms with van der Waals surface area (Å²) in [6, 6.07) is 12.9. The van der Waals surface area contributed by atoms with E-state index < -0.39 is 0 Å². The lowest BCUT2D eigenvalue weighted by atomic mass is 9.86. The van der Waals surface area contributed by atoms with E-state index in [4.69, 9.17) is 5.11 Å². The first-order chi connectivity index (χ1) is 7.31. The summed E-state index contributed by atoms with van der Waals surface area (Å²) < 4.78 is 0. The van der Waals surface area contributed by atoms with Crippen LogP contribution in [0.4, 0.5) is 0 Å². The van der Waals surface area contributed by atoms with Crippen LogP contribution in [-0.2, 0) is 6.42 Å². The Balaban J connectivity index is 2.43. The quantitative estimate of drug-likeness (QED) is 0.730. The molecule has 0 aliphatic rings. The van der Waals surface area contributed by atoms with Crippen LogP contribution in [0.1, 0.15) is 12.0 Å². The Kier molecular flexibility index (Phi) is 3.07. The molecule has 2 aromatic carbocycles. The molecule has 15 heavy (non-hydrogen) atoms. The van der Waals surface area contributed by atoms with Crippen LogP contribution in [0.2, 0.25) is 0 Å². The van der Waals surface area contributed by atoms with E-state index in [1.54, 1.807) is 0 Å². The summed E-state index contributed by atoms with van der Waals surface area (Å²) >= 11 is 0. The van der Waals surface area contributed by atoms with Crippen molar-refractivity contribution in [2.24, 2.45) is 0 Å². The Morgan fingerprint density at radius 1 is 1.07 bits per heavy atom. The minimum Gasteiger partial charge on any atom is -0.396 e. The lowest BCUT2D eigenvalue weighted by Gasteiger charge is -2.07. The molecule has 0 heterocycles. The molecule has 0 aliphatic carbocycles. The highest BCUT2D eigenvalue weighted by atomic mass is 16.2. The molecule has 76 valence electrons. The summed E-state index contributed by atoms with van der Waals surface area (Å²) in [6.07, 6.45) is 1.81. The highest BCUT2D eigenvalue weighted by Gasteiger charge is 2.00. The molecule has 0 atom stereocenters. The van der Waals surface area contributed by atoms with E-state index in [1.165, 1.54) is 21.8 Å². The molecular formula is C13H15BO. The van der Waals surface area contributed by atoms with E-state index in [2.05, 4.69) is 44.2 Å². The van der Waals surface area contributed by atoms with Gasteiger partial charge in [0.25, 0.3) is 0 Å². The third-order valence-electron chi connectivity index (χ3n) is 2.81. The molecule has 2 aromatic rings. The summed E-state index contributed by atoms with van der Waals surface area (Å²) in [6.45, 7) is 0.270. The zero-order valence-electron chi connectivity index (χ0n) is 9.03. The Labute approximate surface area is 91.2 Å². The van der Waals surface area contributed by atoms with E-state index in [-0.39, 0.29) is 6.61 Å². The number of hydrogen-bond acceptors (Lipinski definition) is 1. The summed E-state index contributed by atoms with van der Waals surface area (Å²) in [5, 5.41) is 11.4. The number of fused-ring (bicyclic) bond motifs is 1. The highest BCUT2D eigenvalue weighted by Crippen LogP contribution is 2.14. The number of aliphatic hydroxyl groups is 1. The smallest absolute Gasteiger partial charge is 0.139 e. The first-order valence-corrected chi connectivity index (χ1v) is 5.40. The van der Waals surface area contributed by atoms with E-state index in [9.17, 15) is 0 Å². The summed E-state index contributed by atoms with van der Waals surface area (Å²) in [5.41, 5.74) is 2.67. The zero-order chi connectivity index (χ0) is 10.7. The first kappa shape index (κ1) is 10.2. The molecule has 0 fully saturated rings. The van der Waals surface area contributed by atoms with Crippen molar-refractivity contribution in [3.05, 3.63) is 42.0 Å². The second-order valence-corrected chi connectivity index (χ2v) is 3.95. The highest BCUT2D eigenvalue weighted by molar-refractivity contribution is 6.34. The van der Waals surface area contributed by atoms with E-state index in [1.807, 2.05) is 0 Å². The van der Waals surface area contributed by atoms with E-state index >= 15 is 0 Å². The number of benzene rings is 2. The number of hydrogen-bond donors (Lipinski definition) is 1. The van der Waals surface area contributed by atoms with Gasteiger partial charge in [0.2, 0.25) is 0 Å². The first-order valence-electron chi connectivity index (χ1n) is 5.40. The van der Waals surface area contributed by atoms with Gasteiger partial charge in [0.05, 0.1) is 0 Å². The molecule has 0 saturated heterocycles.